The molecule has 2 aromatic carbocycles. The molecule has 30 heavy (non-hydrogen) atoms. The summed E-state index contributed by atoms with van der Waals surface area (Å²) in [6.07, 6.45) is 4.55. The van der Waals surface area contributed by atoms with Gasteiger partial charge in [0.2, 0.25) is 15.9 Å². The summed E-state index contributed by atoms with van der Waals surface area (Å²) in [7, 11) is -3.61. The normalized spacial score (nSPS) is 17.2. The molecule has 2 heterocycles. The predicted octanol–water partition coefficient (Wildman–Crippen LogP) is 3.06. The van der Waals surface area contributed by atoms with Gasteiger partial charge in [-0.05, 0) is 67.2 Å². The van der Waals surface area contributed by atoms with E-state index < -0.39 is 10.0 Å². The molecule has 0 atom stereocenters. The van der Waals surface area contributed by atoms with Crippen LogP contribution in [0.5, 0.6) is 0 Å². The molecule has 1 saturated heterocycles. The first-order chi connectivity index (χ1) is 14.4. The molecular formula is C23H29N3O3S. The van der Waals surface area contributed by atoms with Crippen molar-refractivity contribution in [2.24, 2.45) is 0 Å². The van der Waals surface area contributed by atoms with E-state index in [0.717, 1.165) is 36.4 Å². The lowest BCUT2D eigenvalue weighted by molar-refractivity contribution is -0.116. The average Bonchev–Trinajstić information content (AvgIpc) is 3.18. The molecule has 160 valence electrons. The highest BCUT2D eigenvalue weighted by Gasteiger charge is 2.24. The number of hydrogen-bond acceptors (Lipinski definition) is 4. The SMILES string of the molecule is CC(=O)N1CCc2cc(S(=O)(=O)NCc3ccc(CN4CCCCC4)cc3)ccc21. The van der Waals surface area contributed by atoms with Crippen LogP contribution in [0.4, 0.5) is 5.69 Å². The van der Waals surface area contributed by atoms with Crippen molar-refractivity contribution in [3.05, 3.63) is 59.2 Å². The summed E-state index contributed by atoms with van der Waals surface area (Å²) in [5, 5.41) is 0. The van der Waals surface area contributed by atoms with E-state index >= 15 is 0 Å². The zero-order valence-corrected chi connectivity index (χ0v) is 18.2. The molecule has 2 aliphatic rings. The molecule has 0 aromatic heterocycles. The molecule has 1 N–H and O–H groups in total. The largest absolute Gasteiger partial charge is 0.312 e. The van der Waals surface area contributed by atoms with Crippen molar-refractivity contribution in [2.75, 3.05) is 24.5 Å². The molecule has 6 nitrogen and oxygen atoms in total. The van der Waals surface area contributed by atoms with E-state index in [9.17, 15) is 13.2 Å². The average molecular weight is 428 g/mol. The van der Waals surface area contributed by atoms with E-state index in [2.05, 4.69) is 21.8 Å². The number of fused-ring (bicyclic) bond motifs is 1. The third-order valence-electron chi connectivity index (χ3n) is 5.98. The third kappa shape index (κ3) is 4.74. The summed E-state index contributed by atoms with van der Waals surface area (Å²) in [5.74, 6) is -0.0220. The van der Waals surface area contributed by atoms with Crippen molar-refractivity contribution in [1.29, 1.82) is 0 Å². The zero-order chi connectivity index (χ0) is 21.1. The van der Waals surface area contributed by atoms with Crippen LogP contribution in [0.1, 0.15) is 42.9 Å². The first-order valence-electron chi connectivity index (χ1n) is 10.6. The van der Waals surface area contributed by atoms with E-state index in [0.29, 0.717) is 13.0 Å². The second-order valence-corrected chi connectivity index (χ2v) is 9.96. The van der Waals surface area contributed by atoms with Crippen LogP contribution in [0.3, 0.4) is 0 Å². The molecule has 0 saturated carbocycles. The fraction of sp³-hybridized carbons (Fsp3) is 0.435. The van der Waals surface area contributed by atoms with E-state index in [4.69, 9.17) is 0 Å². The number of anilines is 1. The van der Waals surface area contributed by atoms with Crippen LogP contribution in [-0.4, -0.2) is 38.9 Å². The maximum atomic E-state index is 12.8. The molecule has 0 radical (unpaired) electrons. The number of sulfonamides is 1. The van der Waals surface area contributed by atoms with Crippen LogP contribution in [0.2, 0.25) is 0 Å². The Balaban J connectivity index is 1.38. The van der Waals surface area contributed by atoms with Gasteiger partial charge in [0.25, 0.3) is 0 Å². The van der Waals surface area contributed by atoms with Crippen LogP contribution in [0.25, 0.3) is 0 Å². The molecule has 0 unspecified atom stereocenters. The first-order valence-corrected chi connectivity index (χ1v) is 12.1. The summed E-state index contributed by atoms with van der Waals surface area (Å²) < 4.78 is 28.2. The Labute approximate surface area is 178 Å². The van der Waals surface area contributed by atoms with Crippen LogP contribution >= 0.6 is 0 Å². The molecule has 1 fully saturated rings. The number of likely N-dealkylation sites (tertiary alicyclic amines) is 1. The Morgan fingerprint density at radius 1 is 0.967 bits per heavy atom. The van der Waals surface area contributed by atoms with Gasteiger partial charge >= 0.3 is 0 Å². The quantitative estimate of drug-likeness (QED) is 0.769. The number of carbonyl (C=O) groups excluding carboxylic acids is 1. The lowest BCUT2D eigenvalue weighted by Gasteiger charge is -2.26. The number of carbonyl (C=O) groups is 1. The molecule has 0 bridgehead atoms. The van der Waals surface area contributed by atoms with Crippen molar-refractivity contribution in [2.45, 2.75) is 50.6 Å². The highest BCUT2D eigenvalue weighted by molar-refractivity contribution is 7.89. The summed E-state index contributed by atoms with van der Waals surface area (Å²) in [6, 6.07) is 13.2. The first kappa shape index (κ1) is 21.0. The van der Waals surface area contributed by atoms with Gasteiger partial charge in [-0.25, -0.2) is 13.1 Å². The topological polar surface area (TPSA) is 69.7 Å². The molecule has 2 aromatic rings. The Bertz CT molecular complexity index is 1010. The third-order valence-corrected chi connectivity index (χ3v) is 7.38. The monoisotopic (exact) mass is 427 g/mol. The minimum absolute atomic E-state index is 0.0220. The van der Waals surface area contributed by atoms with Crippen LogP contribution in [-0.2, 0) is 34.3 Å². The Morgan fingerprint density at radius 3 is 2.37 bits per heavy atom. The van der Waals surface area contributed by atoms with Crippen molar-refractivity contribution >= 4 is 21.6 Å². The van der Waals surface area contributed by atoms with Gasteiger partial charge in [0.1, 0.15) is 0 Å². The number of piperidine rings is 1. The minimum atomic E-state index is -3.61. The van der Waals surface area contributed by atoms with Crippen LogP contribution in [0.15, 0.2) is 47.4 Å². The number of nitrogens with zero attached hydrogens (tertiary/aromatic N) is 2. The van der Waals surface area contributed by atoms with Gasteiger partial charge in [0.15, 0.2) is 0 Å². The van der Waals surface area contributed by atoms with Gasteiger partial charge in [0.05, 0.1) is 4.90 Å². The summed E-state index contributed by atoms with van der Waals surface area (Å²) >= 11 is 0. The van der Waals surface area contributed by atoms with Gasteiger partial charge in [-0.15, -0.1) is 0 Å². The number of nitrogens with one attached hydrogen (secondary N) is 1. The van der Waals surface area contributed by atoms with E-state index in [1.54, 1.807) is 23.1 Å². The number of hydrogen-bond donors (Lipinski definition) is 1. The second kappa shape index (κ2) is 8.88. The van der Waals surface area contributed by atoms with E-state index in [1.165, 1.54) is 31.7 Å². The fourth-order valence-corrected chi connectivity index (χ4v) is 5.34. The molecule has 0 aliphatic carbocycles. The van der Waals surface area contributed by atoms with Gasteiger partial charge in [0, 0.05) is 32.2 Å². The smallest absolute Gasteiger partial charge is 0.240 e. The molecule has 7 heteroatoms. The molecule has 1 amide bonds. The second-order valence-electron chi connectivity index (χ2n) is 8.19. The minimum Gasteiger partial charge on any atom is -0.312 e. The van der Waals surface area contributed by atoms with Crippen molar-refractivity contribution in [1.82, 2.24) is 9.62 Å². The van der Waals surface area contributed by atoms with Crippen molar-refractivity contribution in [3.63, 3.8) is 0 Å². The standard InChI is InChI=1S/C23H29N3O3S/c1-18(27)26-14-11-21-15-22(9-10-23(21)26)30(28,29)24-16-19-5-7-20(8-6-19)17-25-12-3-2-4-13-25/h5-10,15,24H,2-4,11-14,16-17H2,1H3. The summed E-state index contributed by atoms with van der Waals surface area (Å²) in [5.41, 5.74) is 3.91. The van der Waals surface area contributed by atoms with Crippen molar-refractivity contribution < 1.29 is 13.2 Å². The van der Waals surface area contributed by atoms with Gasteiger partial charge < -0.3 is 4.90 Å². The Kier molecular flexibility index (Phi) is 6.22. The Morgan fingerprint density at radius 2 is 1.67 bits per heavy atom. The molecule has 0 spiro atoms. The lowest BCUT2D eigenvalue weighted by atomic mass is 10.1. The van der Waals surface area contributed by atoms with E-state index in [1.807, 2.05) is 12.1 Å². The summed E-state index contributed by atoms with van der Waals surface area (Å²) in [6.45, 7) is 5.66. The Hall–Kier alpha value is -2.22. The number of amides is 1. The lowest BCUT2D eigenvalue weighted by Crippen LogP contribution is -2.29. The molecular weight excluding hydrogens is 398 g/mol. The number of benzene rings is 2. The predicted molar refractivity (Wildman–Crippen MR) is 118 cm³/mol. The maximum absolute atomic E-state index is 12.8. The summed E-state index contributed by atoms with van der Waals surface area (Å²) in [4.78, 5) is 16.1. The van der Waals surface area contributed by atoms with Crippen molar-refractivity contribution in [3.8, 4) is 0 Å². The highest BCUT2D eigenvalue weighted by atomic mass is 32.2. The zero-order valence-electron chi connectivity index (χ0n) is 17.4. The molecule has 2 aliphatic heterocycles. The van der Waals surface area contributed by atoms with Gasteiger partial charge in [-0.3, -0.25) is 9.69 Å². The van der Waals surface area contributed by atoms with Gasteiger partial charge in [-0.1, -0.05) is 30.7 Å². The highest BCUT2D eigenvalue weighted by Crippen LogP contribution is 2.30. The van der Waals surface area contributed by atoms with Gasteiger partial charge in [-0.2, -0.15) is 0 Å². The van der Waals surface area contributed by atoms with Crippen LogP contribution < -0.4 is 9.62 Å². The van der Waals surface area contributed by atoms with E-state index in [-0.39, 0.29) is 17.3 Å². The fourth-order valence-electron chi connectivity index (χ4n) is 4.27. The molecule has 4 rings (SSSR count). The number of rotatable bonds is 6. The van der Waals surface area contributed by atoms with Crippen LogP contribution in [0, 0.1) is 0 Å². The maximum Gasteiger partial charge on any atom is 0.240 e.